The van der Waals surface area contributed by atoms with Gasteiger partial charge in [0, 0.05) is 30.9 Å². The predicted octanol–water partition coefficient (Wildman–Crippen LogP) is 3.97. The lowest BCUT2D eigenvalue weighted by atomic mass is 10.1. The first kappa shape index (κ1) is 21.7. The van der Waals surface area contributed by atoms with Crippen molar-refractivity contribution in [3.63, 3.8) is 0 Å². The average molecular weight is 386 g/mol. The lowest BCUT2D eigenvalue weighted by Gasteiger charge is -2.28. The molecule has 2 aromatic rings. The lowest BCUT2D eigenvalue weighted by Crippen LogP contribution is -2.40. The Morgan fingerprint density at radius 2 is 1.71 bits per heavy atom. The van der Waals surface area contributed by atoms with E-state index < -0.39 is 0 Å². The molecule has 0 aliphatic rings. The predicted molar refractivity (Wildman–Crippen MR) is 112 cm³/mol. The van der Waals surface area contributed by atoms with Crippen LogP contribution in [0.5, 0.6) is 0 Å². The summed E-state index contributed by atoms with van der Waals surface area (Å²) in [5.74, 6) is 0.349. The molecule has 6 nitrogen and oxygen atoms in total. The van der Waals surface area contributed by atoms with E-state index in [1.165, 1.54) is 6.26 Å². The summed E-state index contributed by atoms with van der Waals surface area (Å²) in [6.07, 6.45) is 1.46. The van der Waals surface area contributed by atoms with Gasteiger partial charge in [0.15, 0.2) is 5.76 Å². The third-order valence-electron chi connectivity index (χ3n) is 4.59. The third-order valence-corrected chi connectivity index (χ3v) is 4.59. The summed E-state index contributed by atoms with van der Waals surface area (Å²) >= 11 is 0. The number of amides is 2. The largest absolute Gasteiger partial charge is 0.459 e. The summed E-state index contributed by atoms with van der Waals surface area (Å²) in [6.45, 7) is 12.7. The van der Waals surface area contributed by atoms with Crippen molar-refractivity contribution >= 4 is 17.5 Å². The van der Waals surface area contributed by atoms with Gasteiger partial charge in [-0.1, -0.05) is 27.7 Å². The van der Waals surface area contributed by atoms with Crippen LogP contribution in [0.3, 0.4) is 0 Å². The standard InChI is InChI=1S/C22H31N3O3/c1-5-24(6-2)13-14-25(16-17(3)4)22(27)18-9-11-19(12-10-18)23-21(26)20-8-7-15-28-20/h7-12,15,17H,5-6,13-14,16H2,1-4H3,(H,23,26). The van der Waals surface area contributed by atoms with Crippen LogP contribution in [0.1, 0.15) is 48.6 Å². The number of hydrogen-bond acceptors (Lipinski definition) is 4. The minimum atomic E-state index is -0.315. The molecule has 1 aromatic heterocycles. The Balaban J connectivity index is 2.03. The van der Waals surface area contributed by atoms with Crippen molar-refractivity contribution in [2.75, 3.05) is 38.0 Å². The fraction of sp³-hybridized carbons (Fsp3) is 0.455. The molecule has 0 saturated heterocycles. The van der Waals surface area contributed by atoms with Gasteiger partial charge in [0.05, 0.1) is 6.26 Å². The average Bonchev–Trinajstić information content (AvgIpc) is 3.22. The Bertz CT molecular complexity index is 735. The maximum absolute atomic E-state index is 13.0. The molecule has 0 aliphatic carbocycles. The van der Waals surface area contributed by atoms with Crippen molar-refractivity contribution in [1.29, 1.82) is 0 Å². The summed E-state index contributed by atoms with van der Waals surface area (Å²) in [5, 5.41) is 2.76. The van der Waals surface area contributed by atoms with Crippen molar-refractivity contribution in [3.05, 3.63) is 54.0 Å². The highest BCUT2D eigenvalue weighted by Gasteiger charge is 2.18. The van der Waals surface area contributed by atoms with E-state index in [1.807, 2.05) is 4.90 Å². The second-order valence-corrected chi connectivity index (χ2v) is 7.18. The second-order valence-electron chi connectivity index (χ2n) is 7.18. The molecule has 6 heteroatoms. The van der Waals surface area contributed by atoms with Crippen LogP contribution < -0.4 is 5.32 Å². The maximum Gasteiger partial charge on any atom is 0.291 e. The molecule has 1 N–H and O–H groups in total. The molecule has 0 atom stereocenters. The van der Waals surface area contributed by atoms with E-state index in [0.29, 0.717) is 23.7 Å². The Morgan fingerprint density at radius 1 is 1.04 bits per heavy atom. The fourth-order valence-electron chi connectivity index (χ4n) is 3.00. The fourth-order valence-corrected chi connectivity index (χ4v) is 3.00. The van der Waals surface area contributed by atoms with Crippen LogP contribution >= 0.6 is 0 Å². The highest BCUT2D eigenvalue weighted by Crippen LogP contribution is 2.14. The zero-order valence-electron chi connectivity index (χ0n) is 17.3. The van der Waals surface area contributed by atoms with Crippen molar-refractivity contribution in [2.45, 2.75) is 27.7 Å². The first-order valence-corrected chi connectivity index (χ1v) is 9.91. The number of hydrogen-bond donors (Lipinski definition) is 1. The van der Waals surface area contributed by atoms with Gasteiger partial charge in [-0.25, -0.2) is 0 Å². The molecule has 28 heavy (non-hydrogen) atoms. The van der Waals surface area contributed by atoms with E-state index in [9.17, 15) is 9.59 Å². The van der Waals surface area contributed by atoms with Crippen LogP contribution in [0, 0.1) is 5.92 Å². The van der Waals surface area contributed by atoms with E-state index >= 15 is 0 Å². The molecule has 2 amide bonds. The summed E-state index contributed by atoms with van der Waals surface area (Å²) < 4.78 is 5.09. The zero-order chi connectivity index (χ0) is 20.5. The first-order chi connectivity index (χ1) is 13.4. The van der Waals surface area contributed by atoms with Crippen LogP contribution in [0.2, 0.25) is 0 Å². The van der Waals surface area contributed by atoms with Gasteiger partial charge in [-0.3, -0.25) is 9.59 Å². The maximum atomic E-state index is 13.0. The summed E-state index contributed by atoms with van der Waals surface area (Å²) in [6, 6.07) is 10.3. The topological polar surface area (TPSA) is 65.8 Å². The molecule has 152 valence electrons. The number of carbonyl (C=O) groups is 2. The molecule has 0 aliphatic heterocycles. The normalized spacial score (nSPS) is 11.1. The molecule has 0 unspecified atom stereocenters. The van der Waals surface area contributed by atoms with Crippen molar-refractivity contribution in [1.82, 2.24) is 9.80 Å². The summed E-state index contributed by atoms with van der Waals surface area (Å²) in [7, 11) is 0. The number of nitrogens with zero attached hydrogens (tertiary/aromatic N) is 2. The van der Waals surface area contributed by atoms with Gasteiger partial charge < -0.3 is 19.5 Å². The first-order valence-electron chi connectivity index (χ1n) is 9.91. The molecule has 1 aromatic carbocycles. The quantitative estimate of drug-likeness (QED) is 0.672. The number of anilines is 1. The second kappa shape index (κ2) is 10.7. The van der Waals surface area contributed by atoms with Gasteiger partial charge in [-0.2, -0.15) is 0 Å². The third kappa shape index (κ3) is 6.23. The number of benzene rings is 1. The van der Waals surface area contributed by atoms with E-state index in [2.05, 4.69) is 37.9 Å². The van der Waals surface area contributed by atoms with E-state index in [0.717, 1.165) is 26.2 Å². The molecule has 2 rings (SSSR count). The minimum absolute atomic E-state index is 0.0183. The summed E-state index contributed by atoms with van der Waals surface area (Å²) in [5.41, 5.74) is 1.24. The molecule has 0 fully saturated rings. The molecule has 0 radical (unpaired) electrons. The van der Waals surface area contributed by atoms with Gasteiger partial charge in [0.1, 0.15) is 0 Å². The number of likely N-dealkylation sites (N-methyl/N-ethyl adjacent to an activating group) is 1. The molecule has 1 heterocycles. The number of carbonyl (C=O) groups excluding carboxylic acids is 2. The van der Waals surface area contributed by atoms with Gasteiger partial charge in [-0.15, -0.1) is 0 Å². The van der Waals surface area contributed by atoms with Crippen molar-refractivity contribution in [3.8, 4) is 0 Å². The van der Waals surface area contributed by atoms with Gasteiger partial charge in [0.2, 0.25) is 0 Å². The smallest absolute Gasteiger partial charge is 0.291 e. The highest BCUT2D eigenvalue weighted by atomic mass is 16.3. The van der Waals surface area contributed by atoms with Gasteiger partial charge in [0.25, 0.3) is 11.8 Å². The molecular weight excluding hydrogens is 354 g/mol. The van der Waals surface area contributed by atoms with Gasteiger partial charge in [-0.05, 0) is 55.4 Å². The molecule has 0 spiro atoms. The minimum Gasteiger partial charge on any atom is -0.459 e. The van der Waals surface area contributed by atoms with Crippen molar-refractivity contribution < 1.29 is 14.0 Å². The molecular formula is C22H31N3O3. The van der Waals surface area contributed by atoms with Crippen LogP contribution in [0.15, 0.2) is 47.1 Å². The van der Waals surface area contributed by atoms with E-state index in [4.69, 9.17) is 4.42 Å². The summed E-state index contributed by atoms with van der Waals surface area (Å²) in [4.78, 5) is 29.3. The molecule has 0 bridgehead atoms. The van der Waals surface area contributed by atoms with Gasteiger partial charge >= 0.3 is 0 Å². The number of nitrogens with one attached hydrogen (secondary N) is 1. The monoisotopic (exact) mass is 385 g/mol. The van der Waals surface area contributed by atoms with E-state index in [-0.39, 0.29) is 17.6 Å². The number of furan rings is 1. The van der Waals surface area contributed by atoms with E-state index in [1.54, 1.807) is 36.4 Å². The lowest BCUT2D eigenvalue weighted by molar-refractivity contribution is 0.0716. The molecule has 0 saturated carbocycles. The number of rotatable bonds is 10. The Labute approximate surface area is 167 Å². The Kier molecular flexibility index (Phi) is 8.26. The van der Waals surface area contributed by atoms with Crippen LogP contribution in [-0.2, 0) is 0 Å². The van der Waals surface area contributed by atoms with Crippen LogP contribution in [-0.4, -0.2) is 54.3 Å². The van der Waals surface area contributed by atoms with Crippen LogP contribution in [0.4, 0.5) is 5.69 Å². The SMILES string of the molecule is CCN(CC)CCN(CC(C)C)C(=O)c1ccc(NC(=O)c2ccco2)cc1. The Morgan fingerprint density at radius 3 is 2.25 bits per heavy atom. The highest BCUT2D eigenvalue weighted by molar-refractivity contribution is 6.02. The van der Waals surface area contributed by atoms with Crippen LogP contribution in [0.25, 0.3) is 0 Å². The van der Waals surface area contributed by atoms with Crippen molar-refractivity contribution in [2.24, 2.45) is 5.92 Å². The Hall–Kier alpha value is -2.60. The zero-order valence-corrected chi connectivity index (χ0v) is 17.3.